The van der Waals surface area contributed by atoms with Crippen LogP contribution >= 0.6 is 0 Å². The first-order chi connectivity index (χ1) is 16.4. The Morgan fingerprint density at radius 3 is 1.66 bits per heavy atom. The topological polar surface area (TPSA) is 252 Å². The molecule has 0 spiro atoms. The van der Waals surface area contributed by atoms with Gasteiger partial charge >= 0.3 is 0 Å². The van der Waals surface area contributed by atoms with E-state index in [1.54, 1.807) is 0 Å². The highest BCUT2D eigenvalue weighted by molar-refractivity contribution is 5.96. The number of primary amides is 2. The molecular weight excluding hydrogens is 456 g/mol. The number of amides is 5. The number of hydrogen-bond acceptors (Lipinski definition) is 8. The highest BCUT2D eigenvalue weighted by Crippen LogP contribution is 2.08. The zero-order valence-electron chi connectivity index (χ0n) is 20.9. The summed E-state index contributed by atoms with van der Waals surface area (Å²) >= 11 is 0. The van der Waals surface area contributed by atoms with Crippen molar-refractivity contribution in [3.05, 3.63) is 0 Å². The van der Waals surface area contributed by atoms with Crippen molar-refractivity contribution in [2.45, 2.75) is 89.4 Å². The Balaban J connectivity index is 5.40. The van der Waals surface area contributed by atoms with Crippen molar-refractivity contribution in [3.8, 4) is 0 Å². The van der Waals surface area contributed by atoms with Crippen molar-refractivity contribution in [2.24, 2.45) is 34.6 Å². The molecule has 0 heterocycles. The fourth-order valence-corrected chi connectivity index (χ4v) is 3.35. The third-order valence-corrected chi connectivity index (χ3v) is 5.29. The Hall–Kier alpha value is -2.77. The van der Waals surface area contributed by atoms with Gasteiger partial charge in [-0.2, -0.15) is 0 Å². The predicted octanol–water partition coefficient (Wildman–Crippen LogP) is -2.57. The van der Waals surface area contributed by atoms with Crippen LogP contribution in [-0.2, 0) is 24.0 Å². The van der Waals surface area contributed by atoms with Crippen molar-refractivity contribution in [2.75, 3.05) is 13.1 Å². The molecule has 13 nitrogen and oxygen atoms in total. The van der Waals surface area contributed by atoms with E-state index in [-0.39, 0.29) is 12.3 Å². The van der Waals surface area contributed by atoms with Gasteiger partial charge in [0.05, 0.1) is 12.5 Å². The van der Waals surface area contributed by atoms with Crippen LogP contribution in [0.25, 0.3) is 0 Å². The molecule has 0 unspecified atom stereocenters. The van der Waals surface area contributed by atoms with Gasteiger partial charge in [-0.1, -0.05) is 20.3 Å². The average Bonchev–Trinajstić information content (AvgIpc) is 2.76. The molecule has 0 aromatic rings. The van der Waals surface area contributed by atoms with Gasteiger partial charge in [-0.3, -0.25) is 24.0 Å². The van der Waals surface area contributed by atoms with E-state index in [0.717, 1.165) is 0 Å². The number of nitrogens with two attached hydrogens (primary N) is 5. The van der Waals surface area contributed by atoms with E-state index < -0.39 is 60.1 Å². The summed E-state index contributed by atoms with van der Waals surface area (Å²) in [5.74, 6) is -3.53. The highest BCUT2D eigenvalue weighted by Gasteiger charge is 2.31. The lowest BCUT2D eigenvalue weighted by Crippen LogP contribution is -2.58. The van der Waals surface area contributed by atoms with Crippen LogP contribution in [0.5, 0.6) is 0 Å². The molecule has 0 bridgehead atoms. The SMILES string of the molecule is CC(C)C[C@H](NC(=O)[C@H](CC(N)=O)NC(=O)[C@@H](N)CCCCN)C(=O)N[C@@H](CCCCN)C(N)=O. The lowest BCUT2D eigenvalue weighted by Gasteiger charge is -2.26. The Morgan fingerprint density at radius 2 is 1.17 bits per heavy atom. The first kappa shape index (κ1) is 32.2. The van der Waals surface area contributed by atoms with Crippen LogP contribution in [0.15, 0.2) is 0 Å². The van der Waals surface area contributed by atoms with Gasteiger partial charge in [-0.05, 0) is 57.5 Å². The fourth-order valence-electron chi connectivity index (χ4n) is 3.35. The molecular formula is C22H44N8O5. The van der Waals surface area contributed by atoms with E-state index in [1.807, 2.05) is 13.8 Å². The second-order valence-electron chi connectivity index (χ2n) is 9.06. The number of unbranched alkanes of at least 4 members (excludes halogenated alkanes) is 2. The molecule has 5 amide bonds. The first-order valence-electron chi connectivity index (χ1n) is 12.1. The van der Waals surface area contributed by atoms with Crippen LogP contribution in [-0.4, -0.2) is 66.8 Å². The van der Waals surface area contributed by atoms with Crippen molar-refractivity contribution >= 4 is 29.5 Å². The largest absolute Gasteiger partial charge is 0.370 e. The molecule has 0 radical (unpaired) electrons. The van der Waals surface area contributed by atoms with Gasteiger partial charge in [0.25, 0.3) is 0 Å². The van der Waals surface area contributed by atoms with Crippen LogP contribution in [0.3, 0.4) is 0 Å². The van der Waals surface area contributed by atoms with E-state index in [4.69, 9.17) is 28.7 Å². The summed E-state index contributed by atoms with van der Waals surface area (Å²) in [5.41, 5.74) is 27.4. The summed E-state index contributed by atoms with van der Waals surface area (Å²) in [6, 6.07) is -4.18. The minimum Gasteiger partial charge on any atom is -0.370 e. The number of nitrogens with one attached hydrogen (secondary N) is 3. The summed E-state index contributed by atoms with van der Waals surface area (Å²) in [7, 11) is 0. The van der Waals surface area contributed by atoms with Crippen LogP contribution in [0.4, 0.5) is 0 Å². The van der Waals surface area contributed by atoms with Gasteiger partial charge in [0.1, 0.15) is 18.1 Å². The second kappa shape index (κ2) is 17.6. The maximum atomic E-state index is 12.9. The smallest absolute Gasteiger partial charge is 0.243 e. The number of carbonyl (C=O) groups is 5. The molecule has 4 atom stereocenters. The van der Waals surface area contributed by atoms with Gasteiger partial charge in [-0.15, -0.1) is 0 Å². The second-order valence-corrected chi connectivity index (χ2v) is 9.06. The lowest BCUT2D eigenvalue weighted by atomic mass is 10.0. The van der Waals surface area contributed by atoms with Gasteiger partial charge < -0.3 is 44.6 Å². The summed E-state index contributed by atoms with van der Waals surface area (Å²) in [4.78, 5) is 61.6. The van der Waals surface area contributed by atoms with Crippen LogP contribution in [0.1, 0.15) is 65.2 Å². The Morgan fingerprint density at radius 1 is 0.686 bits per heavy atom. The van der Waals surface area contributed by atoms with Crippen LogP contribution in [0, 0.1) is 5.92 Å². The Labute approximate surface area is 207 Å². The summed E-state index contributed by atoms with van der Waals surface area (Å²) in [6.45, 7) is 4.60. The molecule has 0 saturated heterocycles. The Kier molecular flexibility index (Phi) is 16.2. The van der Waals surface area contributed by atoms with Gasteiger partial charge in [0, 0.05) is 0 Å². The van der Waals surface area contributed by atoms with Crippen LogP contribution < -0.4 is 44.6 Å². The molecule has 0 aromatic heterocycles. The normalized spacial score (nSPS) is 14.5. The van der Waals surface area contributed by atoms with Crippen molar-refractivity contribution in [3.63, 3.8) is 0 Å². The van der Waals surface area contributed by atoms with Crippen molar-refractivity contribution < 1.29 is 24.0 Å². The molecule has 0 rings (SSSR count). The van der Waals surface area contributed by atoms with Gasteiger partial charge in [-0.25, -0.2) is 0 Å². The predicted molar refractivity (Wildman–Crippen MR) is 132 cm³/mol. The van der Waals surface area contributed by atoms with E-state index in [2.05, 4.69) is 16.0 Å². The molecule has 0 aromatic carbocycles. The summed E-state index contributed by atoms with van der Waals surface area (Å²) in [6.07, 6.45) is 2.98. The number of rotatable bonds is 19. The standard InChI is InChI=1S/C22H44N8O5/c1-13(2)11-16(21(34)28-15(19(27)32)8-4-6-10-24)30-22(35)17(12-18(26)31)29-20(33)14(25)7-3-5-9-23/h13-17H,3-12,23-25H2,1-2H3,(H2,26,31)(H2,27,32)(H,28,34)(H,29,33)(H,30,35)/t14-,15-,16-,17-/m0/s1. The Bertz CT molecular complexity index is 703. The quantitative estimate of drug-likeness (QED) is 0.0873. The lowest BCUT2D eigenvalue weighted by molar-refractivity contribution is -0.135. The molecule has 13 heteroatoms. The highest BCUT2D eigenvalue weighted by atomic mass is 16.2. The molecule has 13 N–H and O–H groups in total. The maximum Gasteiger partial charge on any atom is 0.243 e. The zero-order valence-corrected chi connectivity index (χ0v) is 20.9. The molecule has 0 aliphatic rings. The minimum atomic E-state index is -1.32. The molecule has 0 saturated carbocycles. The molecule has 0 aliphatic carbocycles. The summed E-state index contributed by atoms with van der Waals surface area (Å²) < 4.78 is 0. The minimum absolute atomic E-state index is 0.00420. The number of carbonyl (C=O) groups excluding carboxylic acids is 5. The third-order valence-electron chi connectivity index (χ3n) is 5.29. The van der Waals surface area contributed by atoms with Gasteiger partial charge in [0.15, 0.2) is 0 Å². The van der Waals surface area contributed by atoms with E-state index >= 15 is 0 Å². The molecule has 35 heavy (non-hydrogen) atoms. The van der Waals surface area contributed by atoms with Crippen molar-refractivity contribution in [1.82, 2.24) is 16.0 Å². The number of hydrogen-bond donors (Lipinski definition) is 8. The molecule has 0 fully saturated rings. The van der Waals surface area contributed by atoms with Crippen molar-refractivity contribution in [1.29, 1.82) is 0 Å². The van der Waals surface area contributed by atoms with Gasteiger partial charge in [0.2, 0.25) is 29.5 Å². The molecule has 202 valence electrons. The van der Waals surface area contributed by atoms with E-state index in [1.165, 1.54) is 0 Å². The zero-order chi connectivity index (χ0) is 27.0. The van der Waals surface area contributed by atoms with E-state index in [9.17, 15) is 24.0 Å². The monoisotopic (exact) mass is 500 g/mol. The van der Waals surface area contributed by atoms with E-state index in [0.29, 0.717) is 51.6 Å². The summed E-state index contributed by atoms with van der Waals surface area (Å²) in [5, 5.41) is 7.57. The maximum absolute atomic E-state index is 12.9. The fraction of sp³-hybridized carbons (Fsp3) is 0.773. The average molecular weight is 501 g/mol. The van der Waals surface area contributed by atoms with Crippen LogP contribution in [0.2, 0.25) is 0 Å². The molecule has 0 aliphatic heterocycles. The first-order valence-corrected chi connectivity index (χ1v) is 12.1. The third kappa shape index (κ3) is 14.3.